The molecule has 1 aromatic carbocycles. The minimum Gasteiger partial charge on any atom is -0.281 e. The molecule has 5 nitrogen and oxygen atoms in total. The third-order valence-electron chi connectivity index (χ3n) is 3.25. The zero-order valence-corrected chi connectivity index (χ0v) is 13.6. The van der Waals surface area contributed by atoms with E-state index in [-0.39, 0.29) is 5.95 Å². The molecule has 0 aliphatic heterocycles. The van der Waals surface area contributed by atoms with Crippen LogP contribution in [0.25, 0.3) is 11.3 Å². The highest BCUT2D eigenvalue weighted by atomic mass is 35.5. The summed E-state index contributed by atoms with van der Waals surface area (Å²) in [5.41, 5.74) is 2.77. The summed E-state index contributed by atoms with van der Waals surface area (Å²) in [4.78, 5) is 12.4. The highest BCUT2D eigenvalue weighted by Crippen LogP contribution is 2.28. The van der Waals surface area contributed by atoms with Crippen LogP contribution in [0.5, 0.6) is 0 Å². The summed E-state index contributed by atoms with van der Waals surface area (Å²) in [6.45, 7) is 1.86. The van der Waals surface area contributed by atoms with Crippen LogP contribution in [0.2, 0.25) is 10.2 Å². The number of aromatic nitrogens is 3. The van der Waals surface area contributed by atoms with E-state index in [9.17, 15) is 5.21 Å². The van der Waals surface area contributed by atoms with E-state index in [0.29, 0.717) is 21.6 Å². The van der Waals surface area contributed by atoms with Gasteiger partial charge in [0.05, 0.1) is 11.4 Å². The highest BCUT2D eigenvalue weighted by Gasteiger charge is 2.14. The quantitative estimate of drug-likeness (QED) is 0.551. The van der Waals surface area contributed by atoms with E-state index in [0.717, 1.165) is 16.2 Å². The number of hydrogen-bond acceptors (Lipinski definition) is 5. The highest BCUT2D eigenvalue weighted by molar-refractivity contribution is 6.31. The number of nitrogens with zero attached hydrogens (tertiary/aromatic N) is 4. The van der Waals surface area contributed by atoms with E-state index in [1.54, 1.807) is 42.7 Å². The van der Waals surface area contributed by atoms with Crippen LogP contribution in [0.1, 0.15) is 5.56 Å². The Bertz CT molecular complexity index is 857. The lowest BCUT2D eigenvalue weighted by atomic mass is 10.2. The summed E-state index contributed by atoms with van der Waals surface area (Å²) in [6.07, 6.45) is 3.16. The Morgan fingerprint density at radius 3 is 2.57 bits per heavy atom. The van der Waals surface area contributed by atoms with Gasteiger partial charge in [-0.1, -0.05) is 29.3 Å². The summed E-state index contributed by atoms with van der Waals surface area (Å²) in [5, 5.41) is 12.2. The molecule has 2 heterocycles. The van der Waals surface area contributed by atoms with Crippen molar-refractivity contribution in [2.45, 2.75) is 6.92 Å². The van der Waals surface area contributed by atoms with Crippen molar-refractivity contribution in [2.75, 3.05) is 5.06 Å². The van der Waals surface area contributed by atoms with Gasteiger partial charge in [0.15, 0.2) is 0 Å². The molecule has 0 spiro atoms. The summed E-state index contributed by atoms with van der Waals surface area (Å²) in [5.74, 6) is 0.140. The van der Waals surface area contributed by atoms with Crippen LogP contribution in [0.15, 0.2) is 48.8 Å². The zero-order valence-electron chi connectivity index (χ0n) is 12.1. The fourth-order valence-corrected chi connectivity index (χ4v) is 2.43. The fourth-order valence-electron chi connectivity index (χ4n) is 2.09. The maximum absolute atomic E-state index is 10.4. The normalized spacial score (nSPS) is 10.6. The van der Waals surface area contributed by atoms with Gasteiger partial charge in [-0.05, 0) is 42.8 Å². The van der Waals surface area contributed by atoms with Crippen molar-refractivity contribution in [1.82, 2.24) is 15.0 Å². The fraction of sp³-hybridized carbons (Fsp3) is 0.0625. The first-order valence-electron chi connectivity index (χ1n) is 6.75. The van der Waals surface area contributed by atoms with Crippen LogP contribution in [0.3, 0.4) is 0 Å². The van der Waals surface area contributed by atoms with Crippen LogP contribution >= 0.6 is 23.2 Å². The molecule has 0 aliphatic rings. The molecule has 0 atom stereocenters. The SMILES string of the molecule is Cc1ccc(Cl)cc1N(O)c1nccc(-c2ccnc(Cl)c2)n1. The van der Waals surface area contributed by atoms with Crippen LogP contribution in [0.4, 0.5) is 11.6 Å². The van der Waals surface area contributed by atoms with Crippen molar-refractivity contribution in [1.29, 1.82) is 0 Å². The van der Waals surface area contributed by atoms with Gasteiger partial charge < -0.3 is 0 Å². The predicted molar refractivity (Wildman–Crippen MR) is 90.4 cm³/mol. The molecule has 116 valence electrons. The van der Waals surface area contributed by atoms with Gasteiger partial charge in [-0.3, -0.25) is 5.21 Å². The second-order valence-corrected chi connectivity index (χ2v) is 5.68. The van der Waals surface area contributed by atoms with Crippen molar-refractivity contribution < 1.29 is 5.21 Å². The van der Waals surface area contributed by atoms with Gasteiger partial charge in [0.2, 0.25) is 0 Å². The molecular formula is C16H12Cl2N4O. The molecule has 0 bridgehead atoms. The van der Waals surface area contributed by atoms with E-state index in [1.165, 1.54) is 0 Å². The van der Waals surface area contributed by atoms with Gasteiger partial charge in [-0.25, -0.2) is 15.0 Å². The van der Waals surface area contributed by atoms with Crippen molar-refractivity contribution >= 4 is 34.8 Å². The van der Waals surface area contributed by atoms with E-state index < -0.39 is 0 Å². The van der Waals surface area contributed by atoms with E-state index >= 15 is 0 Å². The molecule has 3 aromatic rings. The first-order valence-corrected chi connectivity index (χ1v) is 7.50. The van der Waals surface area contributed by atoms with Crippen LogP contribution in [0, 0.1) is 6.92 Å². The van der Waals surface area contributed by atoms with E-state index in [4.69, 9.17) is 23.2 Å². The predicted octanol–water partition coefficient (Wildman–Crippen LogP) is 4.68. The first kappa shape index (κ1) is 15.7. The second-order valence-electron chi connectivity index (χ2n) is 4.85. The Hall–Kier alpha value is -2.21. The number of benzene rings is 1. The molecule has 0 radical (unpaired) electrons. The Morgan fingerprint density at radius 2 is 1.78 bits per heavy atom. The molecule has 2 aromatic heterocycles. The summed E-state index contributed by atoms with van der Waals surface area (Å²) < 4.78 is 0. The molecule has 23 heavy (non-hydrogen) atoms. The number of anilines is 2. The lowest BCUT2D eigenvalue weighted by molar-refractivity contribution is 0.293. The third kappa shape index (κ3) is 3.42. The van der Waals surface area contributed by atoms with Crippen molar-refractivity contribution in [3.63, 3.8) is 0 Å². The molecular weight excluding hydrogens is 335 g/mol. The van der Waals surface area contributed by atoms with Crippen molar-refractivity contribution in [2.24, 2.45) is 0 Å². The number of rotatable bonds is 3. The average Bonchev–Trinajstić information content (AvgIpc) is 2.56. The average molecular weight is 347 g/mol. The Morgan fingerprint density at radius 1 is 1.00 bits per heavy atom. The standard InChI is InChI=1S/C16H12Cl2N4O/c1-10-2-3-12(17)9-14(10)22(23)16-20-7-5-13(21-16)11-4-6-19-15(18)8-11/h2-9,23H,1H3. The molecule has 0 fully saturated rings. The Labute approximate surface area is 143 Å². The van der Waals surface area contributed by atoms with Crippen LogP contribution < -0.4 is 5.06 Å². The molecule has 0 saturated heterocycles. The summed E-state index contributed by atoms with van der Waals surface area (Å²) >= 11 is 11.9. The summed E-state index contributed by atoms with van der Waals surface area (Å²) in [6, 6.07) is 10.4. The van der Waals surface area contributed by atoms with Gasteiger partial charge in [0, 0.05) is 23.0 Å². The zero-order chi connectivity index (χ0) is 16.4. The monoisotopic (exact) mass is 346 g/mol. The largest absolute Gasteiger partial charge is 0.281 e. The molecule has 1 N–H and O–H groups in total. The van der Waals surface area contributed by atoms with Gasteiger partial charge in [0.1, 0.15) is 5.15 Å². The Balaban J connectivity index is 2.01. The first-order chi connectivity index (χ1) is 11.0. The van der Waals surface area contributed by atoms with Gasteiger partial charge in [-0.15, -0.1) is 0 Å². The van der Waals surface area contributed by atoms with Crippen LogP contribution in [-0.4, -0.2) is 20.2 Å². The molecule has 0 amide bonds. The molecule has 7 heteroatoms. The number of hydrogen-bond donors (Lipinski definition) is 1. The number of aryl methyl sites for hydroxylation is 1. The minimum absolute atomic E-state index is 0.140. The topological polar surface area (TPSA) is 62.1 Å². The summed E-state index contributed by atoms with van der Waals surface area (Å²) in [7, 11) is 0. The maximum Gasteiger partial charge on any atom is 0.255 e. The molecule has 3 rings (SSSR count). The lowest BCUT2D eigenvalue weighted by Crippen LogP contribution is -2.15. The molecule has 0 unspecified atom stereocenters. The van der Waals surface area contributed by atoms with E-state index in [1.807, 2.05) is 13.0 Å². The van der Waals surface area contributed by atoms with Gasteiger partial charge in [0.25, 0.3) is 5.95 Å². The van der Waals surface area contributed by atoms with Gasteiger partial charge in [-0.2, -0.15) is 5.06 Å². The molecule has 0 saturated carbocycles. The van der Waals surface area contributed by atoms with Gasteiger partial charge >= 0.3 is 0 Å². The smallest absolute Gasteiger partial charge is 0.255 e. The van der Waals surface area contributed by atoms with Crippen molar-refractivity contribution in [3.05, 3.63) is 64.5 Å². The van der Waals surface area contributed by atoms with Crippen molar-refractivity contribution in [3.8, 4) is 11.3 Å². The number of halogens is 2. The maximum atomic E-state index is 10.4. The lowest BCUT2D eigenvalue weighted by Gasteiger charge is -2.17. The van der Waals surface area contributed by atoms with Crippen LogP contribution in [-0.2, 0) is 0 Å². The molecule has 0 aliphatic carbocycles. The minimum atomic E-state index is 0.140. The number of pyridine rings is 1. The second kappa shape index (κ2) is 6.50. The Kier molecular flexibility index (Phi) is 4.43. The van der Waals surface area contributed by atoms with E-state index in [2.05, 4.69) is 15.0 Å². The third-order valence-corrected chi connectivity index (χ3v) is 3.70.